The van der Waals surface area contributed by atoms with Crippen LogP contribution in [-0.2, 0) is 19.1 Å². The molecule has 148 valence electrons. The van der Waals surface area contributed by atoms with Gasteiger partial charge in [-0.15, -0.1) is 0 Å². The molecule has 2 fully saturated rings. The minimum absolute atomic E-state index is 0.0354. The second kappa shape index (κ2) is 6.02. The highest BCUT2D eigenvalue weighted by atomic mass is 16.6. The fourth-order valence-corrected chi connectivity index (χ4v) is 4.44. The summed E-state index contributed by atoms with van der Waals surface area (Å²) in [6.07, 6.45) is 2.24. The summed E-state index contributed by atoms with van der Waals surface area (Å²) in [5, 5.41) is 33.6. The number of hydrogen-bond donors (Lipinski definition) is 3. The van der Waals surface area contributed by atoms with Crippen molar-refractivity contribution in [2.45, 2.75) is 63.1 Å². The van der Waals surface area contributed by atoms with Crippen LogP contribution in [0.1, 0.15) is 34.1 Å². The zero-order valence-corrected chi connectivity index (χ0v) is 15.9. The molecule has 0 amide bonds. The number of rotatable bonds is 2. The Balaban J connectivity index is 2.11. The lowest BCUT2D eigenvalue weighted by Gasteiger charge is -2.46. The van der Waals surface area contributed by atoms with Crippen LogP contribution in [0, 0.1) is 11.8 Å². The number of ether oxygens (including phenoxy) is 2. The number of hydrogen-bond acceptors (Lipinski definition) is 7. The normalized spacial score (nSPS) is 46.6. The number of carbonyl (C=O) groups is 2. The molecule has 0 aromatic carbocycles. The topological polar surface area (TPSA) is 113 Å². The lowest BCUT2D eigenvalue weighted by molar-refractivity contribution is -0.219. The zero-order chi connectivity index (χ0) is 20.4. The molecule has 0 unspecified atom stereocenters. The van der Waals surface area contributed by atoms with E-state index >= 15 is 0 Å². The predicted molar refractivity (Wildman–Crippen MR) is 95.3 cm³/mol. The van der Waals surface area contributed by atoms with Crippen LogP contribution in [0.15, 0.2) is 36.0 Å². The standard InChI is InChI=1S/C20H26O7/c1-6-10(2)16(21)26-13-9-12-11(3)17(22)27-14(12)15-18(4,23)7-8-20(15,25)19(13,5)24/h6-8,12-15,23-25H,3,9H2,1-2,4-5H3/b10-6-/t12-,13+,14-,15-,18+,19+,20-/m0/s1. The molecule has 0 aromatic rings. The second-order valence-corrected chi connectivity index (χ2v) is 8.11. The van der Waals surface area contributed by atoms with Gasteiger partial charge in [-0.2, -0.15) is 0 Å². The molecule has 7 atom stereocenters. The minimum Gasteiger partial charge on any atom is -0.458 e. The second-order valence-electron chi connectivity index (χ2n) is 8.11. The third-order valence-electron chi connectivity index (χ3n) is 6.37. The van der Waals surface area contributed by atoms with Crippen LogP contribution in [0.4, 0.5) is 0 Å². The summed E-state index contributed by atoms with van der Waals surface area (Å²) in [4.78, 5) is 24.4. The molecule has 2 aliphatic carbocycles. The smallest absolute Gasteiger partial charge is 0.334 e. The van der Waals surface area contributed by atoms with Crippen LogP contribution in [-0.4, -0.2) is 56.3 Å². The van der Waals surface area contributed by atoms with Gasteiger partial charge in [0.15, 0.2) is 0 Å². The maximum Gasteiger partial charge on any atom is 0.334 e. The first-order valence-electron chi connectivity index (χ1n) is 8.98. The van der Waals surface area contributed by atoms with E-state index in [4.69, 9.17) is 9.47 Å². The van der Waals surface area contributed by atoms with Crippen molar-refractivity contribution in [3.05, 3.63) is 36.0 Å². The molecular weight excluding hydrogens is 352 g/mol. The fraction of sp³-hybridized carbons (Fsp3) is 0.600. The molecular formula is C20H26O7. The first kappa shape index (κ1) is 19.8. The van der Waals surface area contributed by atoms with Crippen molar-refractivity contribution in [3.8, 4) is 0 Å². The summed E-state index contributed by atoms with van der Waals surface area (Å²) in [5.41, 5.74) is -4.93. The van der Waals surface area contributed by atoms with E-state index < -0.39 is 52.8 Å². The van der Waals surface area contributed by atoms with Gasteiger partial charge in [0.1, 0.15) is 23.4 Å². The Kier molecular flexibility index (Phi) is 4.41. The van der Waals surface area contributed by atoms with Crippen molar-refractivity contribution >= 4 is 11.9 Å². The van der Waals surface area contributed by atoms with Gasteiger partial charge in [-0.1, -0.05) is 24.8 Å². The van der Waals surface area contributed by atoms with E-state index in [0.29, 0.717) is 5.57 Å². The summed E-state index contributed by atoms with van der Waals surface area (Å²) < 4.78 is 11.0. The maximum absolute atomic E-state index is 12.3. The van der Waals surface area contributed by atoms with Crippen molar-refractivity contribution in [1.29, 1.82) is 0 Å². The van der Waals surface area contributed by atoms with Gasteiger partial charge < -0.3 is 24.8 Å². The van der Waals surface area contributed by atoms with Crippen molar-refractivity contribution in [2.75, 3.05) is 0 Å². The SMILES string of the molecule is C=C1C(=O)O[C@H]2[C@H]1C[C@@H](OC(=O)/C(C)=C\C)[C@@](C)(O)[C@]1(O)C=C[C@@](C)(O)[C@H]21. The average molecular weight is 378 g/mol. The van der Waals surface area contributed by atoms with E-state index in [0.717, 1.165) is 0 Å². The third kappa shape index (κ3) is 2.68. The van der Waals surface area contributed by atoms with Gasteiger partial charge in [0.2, 0.25) is 0 Å². The summed E-state index contributed by atoms with van der Waals surface area (Å²) in [6.45, 7) is 9.87. The summed E-state index contributed by atoms with van der Waals surface area (Å²) in [5.74, 6) is -2.91. The molecule has 3 rings (SSSR count). The molecule has 3 N–H and O–H groups in total. The minimum atomic E-state index is -1.98. The Hall–Kier alpha value is -1.96. The molecule has 27 heavy (non-hydrogen) atoms. The molecule has 0 radical (unpaired) electrons. The summed E-state index contributed by atoms with van der Waals surface area (Å²) in [7, 11) is 0. The van der Waals surface area contributed by atoms with Gasteiger partial charge in [0.05, 0.1) is 11.5 Å². The Bertz CT molecular complexity index is 760. The quantitative estimate of drug-likeness (QED) is 0.370. The molecule has 7 nitrogen and oxygen atoms in total. The summed E-state index contributed by atoms with van der Waals surface area (Å²) in [6, 6.07) is 0. The molecule has 0 aromatic heterocycles. The molecule has 1 heterocycles. The highest BCUT2D eigenvalue weighted by molar-refractivity contribution is 5.91. The molecule has 1 aliphatic heterocycles. The number of aliphatic hydroxyl groups is 3. The van der Waals surface area contributed by atoms with Gasteiger partial charge in [-0.05, 0) is 34.1 Å². The maximum atomic E-state index is 12.3. The number of fused-ring (bicyclic) bond motifs is 3. The molecule has 0 bridgehead atoms. The summed E-state index contributed by atoms with van der Waals surface area (Å²) >= 11 is 0. The van der Waals surface area contributed by atoms with Crippen LogP contribution in [0.3, 0.4) is 0 Å². The Morgan fingerprint density at radius 2 is 1.96 bits per heavy atom. The molecule has 1 saturated heterocycles. The first-order valence-corrected chi connectivity index (χ1v) is 8.98. The first-order chi connectivity index (χ1) is 12.4. The largest absolute Gasteiger partial charge is 0.458 e. The van der Waals surface area contributed by atoms with E-state index in [9.17, 15) is 24.9 Å². The van der Waals surface area contributed by atoms with Crippen molar-refractivity contribution in [2.24, 2.45) is 11.8 Å². The Morgan fingerprint density at radius 1 is 1.33 bits per heavy atom. The Morgan fingerprint density at radius 3 is 2.56 bits per heavy atom. The van der Waals surface area contributed by atoms with Crippen molar-refractivity contribution in [1.82, 2.24) is 0 Å². The fourth-order valence-electron chi connectivity index (χ4n) is 4.44. The van der Waals surface area contributed by atoms with Crippen molar-refractivity contribution < 1.29 is 34.4 Å². The predicted octanol–water partition coefficient (Wildman–Crippen LogP) is 0.785. The number of carbonyl (C=O) groups excluding carboxylic acids is 2. The van der Waals surface area contributed by atoms with Crippen LogP contribution in [0.5, 0.6) is 0 Å². The van der Waals surface area contributed by atoms with E-state index in [1.807, 2.05) is 0 Å². The van der Waals surface area contributed by atoms with Crippen LogP contribution >= 0.6 is 0 Å². The number of allylic oxidation sites excluding steroid dienone is 1. The monoisotopic (exact) mass is 378 g/mol. The van der Waals surface area contributed by atoms with E-state index in [1.165, 1.54) is 26.0 Å². The van der Waals surface area contributed by atoms with Gasteiger partial charge in [0, 0.05) is 17.1 Å². The lowest BCUT2D eigenvalue weighted by Crippen LogP contribution is -2.64. The van der Waals surface area contributed by atoms with Gasteiger partial charge >= 0.3 is 11.9 Å². The van der Waals surface area contributed by atoms with Crippen LogP contribution in [0.2, 0.25) is 0 Å². The molecule has 3 aliphatic rings. The van der Waals surface area contributed by atoms with Gasteiger partial charge in [-0.3, -0.25) is 0 Å². The van der Waals surface area contributed by atoms with E-state index in [-0.39, 0.29) is 12.0 Å². The van der Waals surface area contributed by atoms with Crippen LogP contribution in [0.25, 0.3) is 0 Å². The Labute approximate surface area is 158 Å². The van der Waals surface area contributed by atoms with Gasteiger partial charge in [-0.25, -0.2) is 9.59 Å². The molecule has 7 heteroatoms. The third-order valence-corrected chi connectivity index (χ3v) is 6.37. The van der Waals surface area contributed by atoms with E-state index in [2.05, 4.69) is 6.58 Å². The lowest BCUT2D eigenvalue weighted by atomic mass is 9.70. The van der Waals surface area contributed by atoms with Crippen LogP contribution < -0.4 is 0 Å². The van der Waals surface area contributed by atoms with Crippen molar-refractivity contribution in [3.63, 3.8) is 0 Å². The number of esters is 2. The highest BCUT2D eigenvalue weighted by Gasteiger charge is 2.69. The highest BCUT2D eigenvalue weighted by Crippen LogP contribution is 2.55. The van der Waals surface area contributed by atoms with Gasteiger partial charge in [0.25, 0.3) is 0 Å². The molecule has 0 spiro atoms. The van der Waals surface area contributed by atoms with E-state index in [1.54, 1.807) is 19.9 Å². The molecule has 1 saturated carbocycles. The zero-order valence-electron chi connectivity index (χ0n) is 15.9. The average Bonchev–Trinajstić information content (AvgIpc) is 2.97.